The lowest BCUT2D eigenvalue weighted by atomic mass is 10.0. The summed E-state index contributed by atoms with van der Waals surface area (Å²) in [5, 5.41) is 20.1. The van der Waals surface area contributed by atoms with Crippen LogP contribution in [0.5, 0.6) is 17.4 Å². The van der Waals surface area contributed by atoms with Crippen LogP contribution in [0.1, 0.15) is 27.0 Å². The number of hydrogen-bond acceptors (Lipinski definition) is 6. The van der Waals surface area contributed by atoms with Gasteiger partial charge in [-0.3, -0.25) is 14.2 Å². The van der Waals surface area contributed by atoms with Crippen molar-refractivity contribution >= 4 is 5.78 Å². The van der Waals surface area contributed by atoms with Crippen LogP contribution in [0, 0.1) is 24.1 Å². The normalized spacial score (nSPS) is 10.4. The van der Waals surface area contributed by atoms with Gasteiger partial charge in [-0.05, 0) is 54.4 Å². The van der Waals surface area contributed by atoms with Crippen molar-refractivity contribution in [3.05, 3.63) is 87.0 Å². The van der Waals surface area contributed by atoms with Gasteiger partial charge in [-0.25, -0.2) is 4.39 Å². The van der Waals surface area contributed by atoms with Crippen molar-refractivity contribution in [1.29, 1.82) is 5.26 Å². The summed E-state index contributed by atoms with van der Waals surface area (Å²) < 4.78 is 24.6. The molecule has 31 heavy (non-hydrogen) atoms. The molecular weight excluding hydrogens is 403 g/mol. The van der Waals surface area contributed by atoms with E-state index >= 15 is 0 Å². The molecule has 3 rings (SSSR count). The van der Waals surface area contributed by atoms with E-state index in [2.05, 4.69) is 0 Å². The maximum atomic E-state index is 13.2. The highest BCUT2D eigenvalue weighted by Gasteiger charge is 2.24. The second-order valence-corrected chi connectivity index (χ2v) is 6.72. The fourth-order valence-corrected chi connectivity index (χ4v) is 3.10. The molecular formula is C23H19FN2O5. The van der Waals surface area contributed by atoms with Crippen LogP contribution >= 0.6 is 0 Å². The minimum Gasteiger partial charge on any atom is -0.497 e. The van der Waals surface area contributed by atoms with Gasteiger partial charge in [0.25, 0.3) is 5.56 Å². The number of ketones is 1. The molecule has 8 heteroatoms. The van der Waals surface area contributed by atoms with Crippen LogP contribution in [0.4, 0.5) is 4.39 Å². The fourth-order valence-electron chi connectivity index (χ4n) is 3.10. The number of halogens is 1. The zero-order valence-electron chi connectivity index (χ0n) is 16.9. The first-order valence-electron chi connectivity index (χ1n) is 9.26. The zero-order chi connectivity index (χ0) is 22.5. The van der Waals surface area contributed by atoms with Gasteiger partial charge in [-0.1, -0.05) is 12.1 Å². The molecule has 0 aliphatic carbocycles. The van der Waals surface area contributed by atoms with Gasteiger partial charge in [0.2, 0.25) is 11.7 Å². The third kappa shape index (κ3) is 4.56. The highest BCUT2D eigenvalue weighted by atomic mass is 19.1. The Labute approximate surface area is 177 Å². The van der Waals surface area contributed by atoms with E-state index in [0.29, 0.717) is 17.1 Å². The van der Waals surface area contributed by atoms with Gasteiger partial charge < -0.3 is 14.6 Å². The number of nitriles is 1. The second kappa shape index (κ2) is 9.13. The van der Waals surface area contributed by atoms with Crippen molar-refractivity contribution in [3.63, 3.8) is 0 Å². The zero-order valence-corrected chi connectivity index (χ0v) is 16.9. The second-order valence-electron chi connectivity index (χ2n) is 6.72. The third-order valence-electron chi connectivity index (χ3n) is 4.76. The van der Waals surface area contributed by atoms with Crippen LogP contribution in [0.15, 0.2) is 53.3 Å². The summed E-state index contributed by atoms with van der Waals surface area (Å²) in [5.74, 6) is -0.594. The van der Waals surface area contributed by atoms with E-state index in [1.54, 1.807) is 30.3 Å². The quantitative estimate of drug-likeness (QED) is 0.587. The van der Waals surface area contributed by atoms with Crippen molar-refractivity contribution in [2.75, 3.05) is 13.7 Å². The molecule has 1 heterocycles. The molecule has 0 bridgehead atoms. The molecule has 158 valence electrons. The Hall–Kier alpha value is -4.12. The lowest BCUT2D eigenvalue weighted by Crippen LogP contribution is -2.28. The van der Waals surface area contributed by atoms with E-state index in [0.717, 1.165) is 4.57 Å². The minimum atomic E-state index is -0.741. The molecule has 3 aromatic rings. The molecule has 0 saturated heterocycles. The number of pyridine rings is 1. The molecule has 0 aliphatic rings. The predicted octanol–water partition coefficient (Wildman–Crippen LogP) is 3.19. The van der Waals surface area contributed by atoms with Crippen molar-refractivity contribution in [1.82, 2.24) is 4.57 Å². The summed E-state index contributed by atoms with van der Waals surface area (Å²) in [6.07, 6.45) is 0. The molecule has 0 amide bonds. The highest BCUT2D eigenvalue weighted by molar-refractivity contribution is 6.01. The SMILES string of the molecule is COc1ccc(OCC(=O)c2c(C)c(C#N)c(=O)n(Cc3ccc(F)cc3)c2O)cc1. The fraction of sp³-hybridized carbons (Fsp3) is 0.174. The molecule has 1 aromatic heterocycles. The molecule has 1 N–H and O–H groups in total. The Balaban J connectivity index is 1.94. The van der Waals surface area contributed by atoms with Gasteiger partial charge in [0.1, 0.15) is 28.9 Å². The Morgan fingerprint density at radius 3 is 2.32 bits per heavy atom. The van der Waals surface area contributed by atoms with E-state index in [4.69, 9.17) is 9.47 Å². The number of rotatable bonds is 7. The van der Waals surface area contributed by atoms with Crippen LogP contribution in [-0.2, 0) is 6.54 Å². The van der Waals surface area contributed by atoms with Crippen LogP contribution in [0.25, 0.3) is 0 Å². The van der Waals surface area contributed by atoms with Gasteiger partial charge in [0.15, 0.2) is 6.61 Å². The largest absolute Gasteiger partial charge is 0.497 e. The number of carbonyl (C=O) groups is 1. The number of aromatic hydroxyl groups is 1. The molecule has 0 fully saturated rings. The monoisotopic (exact) mass is 422 g/mol. The van der Waals surface area contributed by atoms with Crippen molar-refractivity contribution in [2.24, 2.45) is 0 Å². The van der Waals surface area contributed by atoms with E-state index in [9.17, 15) is 24.3 Å². The number of nitrogens with zero attached hydrogens (tertiary/aromatic N) is 2. The molecule has 0 radical (unpaired) electrons. The molecule has 0 saturated carbocycles. The maximum absolute atomic E-state index is 13.2. The lowest BCUT2D eigenvalue weighted by Gasteiger charge is -2.16. The summed E-state index contributed by atoms with van der Waals surface area (Å²) in [5.41, 5.74) is -0.586. The Kier molecular flexibility index (Phi) is 6.36. The molecule has 0 spiro atoms. The summed E-state index contributed by atoms with van der Waals surface area (Å²) >= 11 is 0. The molecule has 0 aliphatic heterocycles. The molecule has 2 aromatic carbocycles. The van der Waals surface area contributed by atoms with Gasteiger partial charge in [-0.15, -0.1) is 0 Å². The number of ether oxygens (including phenoxy) is 2. The highest BCUT2D eigenvalue weighted by Crippen LogP contribution is 2.24. The number of hydrogen-bond donors (Lipinski definition) is 1. The van der Waals surface area contributed by atoms with Gasteiger partial charge in [0, 0.05) is 0 Å². The number of Topliss-reactive ketones (excluding diaryl/α,β-unsaturated/α-hetero) is 1. The summed E-state index contributed by atoms with van der Waals surface area (Å²) in [6.45, 7) is 0.863. The first-order valence-corrected chi connectivity index (χ1v) is 9.26. The summed E-state index contributed by atoms with van der Waals surface area (Å²) in [4.78, 5) is 25.5. The van der Waals surface area contributed by atoms with E-state index in [1.165, 1.54) is 38.3 Å². The third-order valence-corrected chi connectivity index (χ3v) is 4.76. The molecule has 0 unspecified atom stereocenters. The predicted molar refractivity (Wildman–Crippen MR) is 110 cm³/mol. The van der Waals surface area contributed by atoms with Crippen LogP contribution < -0.4 is 15.0 Å². The van der Waals surface area contributed by atoms with Crippen LogP contribution in [0.2, 0.25) is 0 Å². The average molecular weight is 422 g/mol. The van der Waals surface area contributed by atoms with Gasteiger partial charge >= 0.3 is 0 Å². The average Bonchev–Trinajstić information content (AvgIpc) is 2.77. The van der Waals surface area contributed by atoms with E-state index < -0.39 is 29.6 Å². The smallest absolute Gasteiger partial charge is 0.271 e. The Bertz CT molecular complexity index is 1210. The number of methoxy groups -OCH3 is 1. The summed E-state index contributed by atoms with van der Waals surface area (Å²) in [7, 11) is 1.53. The first-order chi connectivity index (χ1) is 14.8. The van der Waals surface area contributed by atoms with Crippen molar-refractivity contribution < 1.29 is 23.8 Å². The Morgan fingerprint density at radius 1 is 1.13 bits per heavy atom. The number of carbonyl (C=O) groups excluding carboxylic acids is 1. The maximum Gasteiger partial charge on any atom is 0.271 e. The minimum absolute atomic E-state index is 0.0729. The number of benzene rings is 2. The number of aromatic nitrogens is 1. The summed E-state index contributed by atoms with van der Waals surface area (Å²) in [6, 6.07) is 13.7. The van der Waals surface area contributed by atoms with Crippen LogP contribution in [-0.4, -0.2) is 29.2 Å². The van der Waals surface area contributed by atoms with Crippen molar-refractivity contribution in [3.8, 4) is 23.4 Å². The standard InChI is InChI=1S/C23H19FN2O5/c1-14-19(11-25)22(28)26(12-15-3-5-16(24)6-4-15)23(29)21(14)20(27)13-31-18-9-7-17(30-2)8-10-18/h3-10,29H,12-13H2,1-2H3. The van der Waals surface area contributed by atoms with Gasteiger partial charge in [-0.2, -0.15) is 5.26 Å². The topological polar surface area (TPSA) is 102 Å². The molecule has 7 nitrogen and oxygen atoms in total. The van der Waals surface area contributed by atoms with Gasteiger partial charge in [0.05, 0.1) is 19.2 Å². The van der Waals surface area contributed by atoms with Crippen molar-refractivity contribution in [2.45, 2.75) is 13.5 Å². The molecule has 0 atom stereocenters. The van der Waals surface area contributed by atoms with E-state index in [1.807, 2.05) is 0 Å². The lowest BCUT2D eigenvalue weighted by molar-refractivity contribution is 0.0916. The Morgan fingerprint density at radius 2 is 1.74 bits per heavy atom. The first kappa shape index (κ1) is 21.6. The van der Waals surface area contributed by atoms with E-state index in [-0.39, 0.29) is 23.2 Å². The van der Waals surface area contributed by atoms with Crippen LogP contribution in [0.3, 0.4) is 0 Å².